The molecule has 1 saturated carbocycles. The van der Waals surface area contributed by atoms with Gasteiger partial charge in [0.25, 0.3) is 0 Å². The second-order valence-electron chi connectivity index (χ2n) is 16.2. The molecule has 362 valence electrons. The molecule has 0 saturated heterocycles. The molecule has 1 aliphatic rings. The summed E-state index contributed by atoms with van der Waals surface area (Å²) in [6.45, 7) is 3.13. The van der Waals surface area contributed by atoms with Gasteiger partial charge in [0.1, 0.15) is 43.2 Å². The Hall–Kier alpha value is -2.71. The largest absolute Gasteiger partial charge is 0.472 e. The molecule has 13 nitrogen and oxygen atoms in total. The van der Waals surface area contributed by atoms with Gasteiger partial charge >= 0.3 is 19.8 Å². The fourth-order valence-corrected chi connectivity index (χ4v) is 7.69. The van der Waals surface area contributed by atoms with Crippen LogP contribution in [0.25, 0.3) is 0 Å². The van der Waals surface area contributed by atoms with Crippen LogP contribution in [-0.2, 0) is 32.7 Å². The molecular formula is C49H83O13P. The van der Waals surface area contributed by atoms with Gasteiger partial charge in [-0.25, -0.2) is 4.57 Å². The van der Waals surface area contributed by atoms with Crippen LogP contribution in [0, 0.1) is 0 Å². The summed E-state index contributed by atoms with van der Waals surface area (Å²) in [6, 6.07) is 0. The van der Waals surface area contributed by atoms with Crippen LogP contribution in [0.3, 0.4) is 0 Å². The first kappa shape index (κ1) is 58.3. The predicted molar refractivity (Wildman–Crippen MR) is 249 cm³/mol. The van der Waals surface area contributed by atoms with Crippen molar-refractivity contribution in [2.45, 2.75) is 211 Å². The van der Waals surface area contributed by atoms with Gasteiger partial charge in [-0.1, -0.05) is 145 Å². The number of phosphoric ester groups is 1. The highest BCUT2D eigenvalue weighted by Gasteiger charge is 2.51. The Morgan fingerprint density at radius 2 is 0.905 bits per heavy atom. The van der Waals surface area contributed by atoms with E-state index in [1.807, 2.05) is 0 Å². The fraction of sp³-hybridized carbons (Fsp3) is 0.714. The van der Waals surface area contributed by atoms with E-state index >= 15 is 0 Å². The van der Waals surface area contributed by atoms with E-state index in [1.165, 1.54) is 57.8 Å². The number of carbonyl (C=O) groups excluding carboxylic acids is 2. The van der Waals surface area contributed by atoms with Crippen LogP contribution < -0.4 is 0 Å². The average molecular weight is 911 g/mol. The zero-order valence-electron chi connectivity index (χ0n) is 38.3. The van der Waals surface area contributed by atoms with Crippen molar-refractivity contribution in [3.63, 3.8) is 0 Å². The summed E-state index contributed by atoms with van der Waals surface area (Å²) in [7, 11) is -5.14. The Morgan fingerprint density at radius 1 is 0.508 bits per heavy atom. The van der Waals surface area contributed by atoms with Crippen molar-refractivity contribution in [3.05, 3.63) is 72.9 Å². The van der Waals surface area contributed by atoms with E-state index < -0.39 is 75.7 Å². The SMILES string of the molecule is CC/C=C/C/C=C/C/C=C/C/C=C/C/C=C/CCCCCC(=O)O[C@H](COC(=O)CCCC/C=C/CCCCCCCCCCC)COP(=O)(O)OC1C(O)C(O)C(O)[C@@H](O)C1O. The fourth-order valence-electron chi connectivity index (χ4n) is 6.72. The minimum atomic E-state index is -5.14. The van der Waals surface area contributed by atoms with Gasteiger partial charge in [0.2, 0.25) is 0 Å². The zero-order valence-corrected chi connectivity index (χ0v) is 39.2. The second-order valence-corrected chi connectivity index (χ2v) is 17.6. The monoisotopic (exact) mass is 911 g/mol. The number of phosphoric acid groups is 1. The highest BCUT2D eigenvalue weighted by atomic mass is 31.2. The van der Waals surface area contributed by atoms with Crippen LogP contribution in [0.15, 0.2) is 72.9 Å². The lowest BCUT2D eigenvalue weighted by Gasteiger charge is -2.41. The van der Waals surface area contributed by atoms with Gasteiger partial charge in [0, 0.05) is 12.8 Å². The van der Waals surface area contributed by atoms with E-state index in [0.29, 0.717) is 12.8 Å². The predicted octanol–water partition coefficient (Wildman–Crippen LogP) is 9.50. The van der Waals surface area contributed by atoms with E-state index in [2.05, 4.69) is 86.8 Å². The number of unbranched alkanes of at least 4 members (excludes halogenated alkanes) is 14. The van der Waals surface area contributed by atoms with Gasteiger partial charge < -0.3 is 39.9 Å². The standard InChI is InChI=1S/C49H83O13P/c1-3-5-7-9-11-13-15-17-19-20-21-22-24-26-28-30-32-34-36-38-43(51)61-41(40-60-63(57,58)62-49-47(55)45(53)44(52)46(54)48(49)56)39-59-42(50)37-35-33-31-29-27-25-23-18-16-14-12-10-8-6-4-2/h5,7,11,13,17,19,21-22,26-29,41,44-49,52-56H,3-4,6,8-10,12,14-16,18,20,23-25,30-40H2,1-2H3,(H,57,58)/b7-5+,13-11+,19-17+,22-21+,28-26+,29-27+/t41-,44?,45-,46?,47?,48?,49?/m1/s1. The van der Waals surface area contributed by atoms with Gasteiger partial charge in [-0.3, -0.25) is 18.6 Å². The van der Waals surface area contributed by atoms with E-state index in [4.69, 9.17) is 18.5 Å². The Kier molecular flexibility index (Phi) is 35.7. The molecule has 0 aromatic carbocycles. The first-order chi connectivity index (χ1) is 30.4. The Bertz CT molecular complexity index is 1380. The molecule has 8 atom stereocenters. The van der Waals surface area contributed by atoms with Gasteiger partial charge in [-0.05, 0) is 83.5 Å². The van der Waals surface area contributed by atoms with E-state index in [9.17, 15) is 44.6 Å². The van der Waals surface area contributed by atoms with Gasteiger partial charge in [-0.15, -0.1) is 0 Å². The van der Waals surface area contributed by atoms with E-state index in [0.717, 1.165) is 70.6 Å². The molecule has 0 heterocycles. The molecule has 6 N–H and O–H groups in total. The maximum absolute atomic E-state index is 12.8. The highest BCUT2D eigenvalue weighted by Crippen LogP contribution is 2.47. The third-order valence-electron chi connectivity index (χ3n) is 10.5. The van der Waals surface area contributed by atoms with Crippen LogP contribution in [0.2, 0.25) is 0 Å². The Labute approximate surface area is 378 Å². The zero-order chi connectivity index (χ0) is 46.4. The minimum absolute atomic E-state index is 0.0502. The number of aliphatic hydroxyl groups excluding tert-OH is 5. The molecule has 1 rings (SSSR count). The third kappa shape index (κ3) is 31.0. The second kappa shape index (κ2) is 38.5. The molecule has 0 bridgehead atoms. The number of hydrogen-bond donors (Lipinski definition) is 6. The molecule has 0 aromatic rings. The lowest BCUT2D eigenvalue weighted by molar-refractivity contribution is -0.220. The molecule has 1 fully saturated rings. The molecule has 6 unspecified atom stereocenters. The number of allylic oxidation sites excluding steroid dienone is 12. The molecule has 0 aliphatic heterocycles. The van der Waals surface area contributed by atoms with Crippen LogP contribution in [0.1, 0.15) is 168 Å². The molecular weight excluding hydrogens is 828 g/mol. The molecule has 63 heavy (non-hydrogen) atoms. The smallest absolute Gasteiger partial charge is 0.462 e. The molecule has 0 amide bonds. The normalized spacial score (nSPS) is 22.3. The van der Waals surface area contributed by atoms with Crippen molar-refractivity contribution in [1.29, 1.82) is 0 Å². The average Bonchev–Trinajstić information content (AvgIpc) is 3.26. The van der Waals surface area contributed by atoms with Crippen molar-refractivity contribution in [2.24, 2.45) is 0 Å². The topological polar surface area (TPSA) is 210 Å². The maximum atomic E-state index is 12.8. The van der Waals surface area contributed by atoms with Crippen molar-refractivity contribution in [2.75, 3.05) is 13.2 Å². The summed E-state index contributed by atoms with van der Waals surface area (Å²) in [6.07, 6.45) is 35.3. The summed E-state index contributed by atoms with van der Waals surface area (Å²) in [5.74, 6) is -1.17. The molecule has 0 spiro atoms. The number of aliphatic hydroxyl groups is 5. The number of esters is 2. The van der Waals surface area contributed by atoms with Gasteiger partial charge in [0.15, 0.2) is 6.10 Å². The van der Waals surface area contributed by atoms with Crippen molar-refractivity contribution in [1.82, 2.24) is 0 Å². The molecule has 1 aliphatic carbocycles. The number of ether oxygens (including phenoxy) is 2. The summed E-state index contributed by atoms with van der Waals surface area (Å²) in [5.41, 5.74) is 0. The quantitative estimate of drug-likeness (QED) is 0.0148. The van der Waals surface area contributed by atoms with Crippen LogP contribution in [-0.4, -0.2) is 98.3 Å². The van der Waals surface area contributed by atoms with Gasteiger partial charge in [-0.2, -0.15) is 0 Å². The van der Waals surface area contributed by atoms with Gasteiger partial charge in [0.05, 0.1) is 6.61 Å². The molecule has 14 heteroatoms. The summed E-state index contributed by atoms with van der Waals surface area (Å²) in [5, 5.41) is 50.2. The lowest BCUT2D eigenvalue weighted by Crippen LogP contribution is -2.64. The first-order valence-corrected chi connectivity index (χ1v) is 25.2. The van der Waals surface area contributed by atoms with Crippen molar-refractivity contribution < 1.29 is 63.1 Å². The molecule has 0 aromatic heterocycles. The van der Waals surface area contributed by atoms with Crippen molar-refractivity contribution >= 4 is 19.8 Å². The Morgan fingerprint density at radius 3 is 1.43 bits per heavy atom. The minimum Gasteiger partial charge on any atom is -0.462 e. The summed E-state index contributed by atoms with van der Waals surface area (Å²) < 4.78 is 33.5. The van der Waals surface area contributed by atoms with Crippen LogP contribution in [0.5, 0.6) is 0 Å². The number of carbonyl (C=O) groups is 2. The van der Waals surface area contributed by atoms with Crippen LogP contribution >= 0.6 is 7.82 Å². The first-order valence-electron chi connectivity index (χ1n) is 23.7. The number of rotatable bonds is 38. The summed E-state index contributed by atoms with van der Waals surface area (Å²) in [4.78, 5) is 35.7. The highest BCUT2D eigenvalue weighted by molar-refractivity contribution is 7.47. The summed E-state index contributed by atoms with van der Waals surface area (Å²) >= 11 is 0. The number of hydrogen-bond acceptors (Lipinski definition) is 12. The van der Waals surface area contributed by atoms with Crippen molar-refractivity contribution in [3.8, 4) is 0 Å². The molecule has 0 radical (unpaired) electrons. The van der Waals surface area contributed by atoms with Crippen LogP contribution in [0.4, 0.5) is 0 Å². The third-order valence-corrected chi connectivity index (χ3v) is 11.5. The van der Waals surface area contributed by atoms with E-state index in [-0.39, 0.29) is 12.8 Å². The Balaban J connectivity index is 2.50. The lowest BCUT2D eigenvalue weighted by atomic mass is 9.85. The maximum Gasteiger partial charge on any atom is 0.472 e. The van der Waals surface area contributed by atoms with E-state index in [1.54, 1.807) is 0 Å².